The Kier molecular flexibility index (Phi) is 6.42. The van der Waals surface area contributed by atoms with Crippen molar-refractivity contribution in [1.82, 2.24) is 25.2 Å². The summed E-state index contributed by atoms with van der Waals surface area (Å²) in [4.78, 5) is 2.52. The van der Waals surface area contributed by atoms with Gasteiger partial charge in [0.05, 0.1) is 5.69 Å². The molecule has 0 radical (unpaired) electrons. The van der Waals surface area contributed by atoms with Gasteiger partial charge in [0.15, 0.2) is 0 Å². The van der Waals surface area contributed by atoms with Crippen molar-refractivity contribution in [3.63, 3.8) is 0 Å². The van der Waals surface area contributed by atoms with Gasteiger partial charge in [0.1, 0.15) is 0 Å². The summed E-state index contributed by atoms with van der Waals surface area (Å²) in [5.74, 6) is 0.794. The summed E-state index contributed by atoms with van der Waals surface area (Å²) in [6, 6.07) is 0. The number of aliphatic hydroxyl groups excluding tert-OH is 1. The highest BCUT2D eigenvalue weighted by Crippen LogP contribution is 2.15. The Morgan fingerprint density at radius 1 is 1.40 bits per heavy atom. The average molecular weight is 281 g/mol. The fourth-order valence-electron chi connectivity index (χ4n) is 2.67. The predicted molar refractivity (Wildman–Crippen MR) is 78.3 cm³/mol. The molecule has 1 aliphatic rings. The van der Waals surface area contributed by atoms with Crippen LogP contribution in [0.5, 0.6) is 0 Å². The van der Waals surface area contributed by atoms with Crippen LogP contribution in [0.3, 0.4) is 0 Å². The highest BCUT2D eigenvalue weighted by molar-refractivity contribution is 4.91. The number of aliphatic hydroxyl groups is 1. The zero-order chi connectivity index (χ0) is 14.2. The Bertz CT molecular complexity index is 373. The number of aryl methyl sites for hydroxylation is 1. The first kappa shape index (κ1) is 15.4. The lowest BCUT2D eigenvalue weighted by Gasteiger charge is -2.31. The number of piperidine rings is 1. The van der Waals surface area contributed by atoms with Crippen LogP contribution in [0.15, 0.2) is 6.20 Å². The van der Waals surface area contributed by atoms with Gasteiger partial charge in [-0.1, -0.05) is 12.1 Å². The largest absolute Gasteiger partial charge is 0.396 e. The molecule has 6 nitrogen and oxygen atoms in total. The molecule has 0 atom stereocenters. The highest BCUT2D eigenvalue weighted by atomic mass is 16.3. The van der Waals surface area contributed by atoms with Gasteiger partial charge in [0.25, 0.3) is 0 Å². The smallest absolute Gasteiger partial charge is 0.0964 e. The molecule has 1 saturated heterocycles. The number of aromatic nitrogens is 3. The Morgan fingerprint density at radius 2 is 2.20 bits per heavy atom. The van der Waals surface area contributed by atoms with Gasteiger partial charge >= 0.3 is 0 Å². The van der Waals surface area contributed by atoms with Crippen molar-refractivity contribution in [3.8, 4) is 0 Å². The summed E-state index contributed by atoms with van der Waals surface area (Å²) in [7, 11) is 0. The minimum atomic E-state index is 0.198. The van der Waals surface area contributed by atoms with Crippen LogP contribution >= 0.6 is 0 Å². The van der Waals surface area contributed by atoms with E-state index in [1.165, 1.54) is 32.5 Å². The summed E-state index contributed by atoms with van der Waals surface area (Å²) in [5, 5.41) is 20.5. The van der Waals surface area contributed by atoms with Crippen molar-refractivity contribution >= 4 is 0 Å². The van der Waals surface area contributed by atoms with E-state index in [0.29, 0.717) is 0 Å². The number of hydrogen-bond donors (Lipinski definition) is 2. The molecule has 0 bridgehead atoms. The van der Waals surface area contributed by atoms with Crippen molar-refractivity contribution < 1.29 is 5.11 Å². The van der Waals surface area contributed by atoms with Gasteiger partial charge in [0, 0.05) is 25.9 Å². The number of hydrogen-bond acceptors (Lipinski definition) is 5. The second-order valence-electron chi connectivity index (χ2n) is 5.56. The van der Waals surface area contributed by atoms with Crippen LogP contribution in [-0.4, -0.2) is 57.8 Å². The average Bonchev–Trinajstić information content (AvgIpc) is 2.94. The molecular formula is C14H27N5O. The molecule has 2 N–H and O–H groups in total. The topological polar surface area (TPSA) is 66.2 Å². The molecule has 1 aliphatic heterocycles. The van der Waals surface area contributed by atoms with Crippen LogP contribution in [0.1, 0.15) is 31.9 Å². The summed E-state index contributed by atoms with van der Waals surface area (Å²) in [5.41, 5.74) is 0.980. The second kappa shape index (κ2) is 8.34. The van der Waals surface area contributed by atoms with Crippen LogP contribution in [0.25, 0.3) is 0 Å². The maximum atomic E-state index is 8.78. The maximum Gasteiger partial charge on any atom is 0.0964 e. The predicted octanol–water partition coefficient (Wildman–Crippen LogP) is 0.482. The van der Waals surface area contributed by atoms with Crippen LogP contribution in [0, 0.1) is 5.92 Å². The molecule has 0 amide bonds. The second-order valence-corrected chi connectivity index (χ2v) is 5.56. The van der Waals surface area contributed by atoms with E-state index in [1.807, 2.05) is 6.20 Å². The Hall–Kier alpha value is -0.980. The van der Waals surface area contributed by atoms with E-state index in [1.54, 1.807) is 4.68 Å². The fourth-order valence-corrected chi connectivity index (χ4v) is 2.67. The zero-order valence-electron chi connectivity index (χ0n) is 12.5. The monoisotopic (exact) mass is 281 g/mol. The molecular weight excluding hydrogens is 254 g/mol. The number of rotatable bonds is 8. The Labute approximate surface area is 121 Å². The van der Waals surface area contributed by atoms with E-state index < -0.39 is 0 Å². The lowest BCUT2D eigenvalue weighted by Crippen LogP contribution is -2.37. The minimum absolute atomic E-state index is 0.198. The van der Waals surface area contributed by atoms with E-state index >= 15 is 0 Å². The van der Waals surface area contributed by atoms with E-state index in [2.05, 4.69) is 27.5 Å². The highest BCUT2D eigenvalue weighted by Gasteiger charge is 2.17. The third-order valence-electron chi connectivity index (χ3n) is 4.02. The van der Waals surface area contributed by atoms with Gasteiger partial charge in [-0.15, -0.1) is 5.10 Å². The molecule has 0 saturated carbocycles. The van der Waals surface area contributed by atoms with Crippen molar-refractivity contribution in [3.05, 3.63) is 11.9 Å². The third kappa shape index (κ3) is 4.85. The van der Waals surface area contributed by atoms with Crippen molar-refractivity contribution in [1.29, 1.82) is 0 Å². The number of nitrogens with one attached hydrogen (secondary N) is 1. The van der Waals surface area contributed by atoms with Crippen LogP contribution in [-0.2, 0) is 13.1 Å². The summed E-state index contributed by atoms with van der Waals surface area (Å²) in [6.45, 7) is 8.67. The first-order valence-electron chi connectivity index (χ1n) is 7.74. The van der Waals surface area contributed by atoms with Crippen LogP contribution < -0.4 is 5.32 Å². The SMILES string of the molecule is CCN1CCC(CNCc2cn(CCCO)nn2)CC1. The standard InChI is InChI=1S/C14H27N5O/c1-2-18-7-4-13(5-8-18)10-15-11-14-12-19(17-16-14)6-3-9-20/h12-13,15,20H,2-11H2,1H3. The molecule has 0 aliphatic carbocycles. The molecule has 114 valence electrons. The van der Waals surface area contributed by atoms with Gasteiger partial charge in [0.2, 0.25) is 0 Å². The molecule has 0 aromatic carbocycles. The molecule has 0 unspecified atom stereocenters. The number of likely N-dealkylation sites (tertiary alicyclic amines) is 1. The lowest BCUT2D eigenvalue weighted by atomic mass is 9.97. The summed E-state index contributed by atoms with van der Waals surface area (Å²) >= 11 is 0. The quantitative estimate of drug-likeness (QED) is 0.725. The van der Waals surface area contributed by atoms with Crippen molar-refractivity contribution in [2.45, 2.75) is 39.3 Å². The van der Waals surface area contributed by atoms with E-state index in [4.69, 9.17) is 5.11 Å². The Balaban J connectivity index is 1.62. The van der Waals surface area contributed by atoms with Gasteiger partial charge < -0.3 is 15.3 Å². The third-order valence-corrected chi connectivity index (χ3v) is 4.02. The molecule has 20 heavy (non-hydrogen) atoms. The van der Waals surface area contributed by atoms with Gasteiger partial charge in [-0.25, -0.2) is 0 Å². The molecule has 2 heterocycles. The van der Waals surface area contributed by atoms with Crippen LogP contribution in [0.2, 0.25) is 0 Å². The van der Waals surface area contributed by atoms with Gasteiger partial charge in [-0.2, -0.15) is 0 Å². The molecule has 1 fully saturated rings. The molecule has 6 heteroatoms. The van der Waals surface area contributed by atoms with Gasteiger partial charge in [-0.3, -0.25) is 4.68 Å². The Morgan fingerprint density at radius 3 is 2.90 bits per heavy atom. The van der Waals surface area contributed by atoms with E-state index in [0.717, 1.165) is 37.7 Å². The lowest BCUT2D eigenvalue weighted by molar-refractivity contribution is 0.190. The molecule has 2 rings (SSSR count). The normalized spacial score (nSPS) is 17.7. The van der Waals surface area contributed by atoms with Crippen molar-refractivity contribution in [2.75, 3.05) is 32.8 Å². The van der Waals surface area contributed by atoms with Gasteiger partial charge in [-0.05, 0) is 51.4 Å². The number of nitrogens with zero attached hydrogens (tertiary/aromatic N) is 4. The van der Waals surface area contributed by atoms with Crippen molar-refractivity contribution in [2.24, 2.45) is 5.92 Å². The zero-order valence-corrected chi connectivity index (χ0v) is 12.5. The first-order valence-corrected chi connectivity index (χ1v) is 7.74. The maximum absolute atomic E-state index is 8.78. The van der Waals surface area contributed by atoms with E-state index in [-0.39, 0.29) is 6.61 Å². The van der Waals surface area contributed by atoms with E-state index in [9.17, 15) is 0 Å². The summed E-state index contributed by atoms with van der Waals surface area (Å²) < 4.78 is 1.80. The first-order chi connectivity index (χ1) is 9.81. The minimum Gasteiger partial charge on any atom is -0.396 e. The summed E-state index contributed by atoms with van der Waals surface area (Å²) in [6.07, 6.45) is 5.28. The van der Waals surface area contributed by atoms with Crippen LogP contribution in [0.4, 0.5) is 0 Å². The molecule has 1 aromatic heterocycles. The fraction of sp³-hybridized carbons (Fsp3) is 0.857. The molecule has 0 spiro atoms. The molecule has 1 aromatic rings.